The number of hydrogen-bond acceptors (Lipinski definition) is 3. The molecule has 0 bridgehead atoms. The Morgan fingerprint density at radius 1 is 1.08 bits per heavy atom. The number of nitrogens with one attached hydrogen (secondary N) is 1. The summed E-state index contributed by atoms with van der Waals surface area (Å²) in [6, 6.07) is 15.3. The van der Waals surface area contributed by atoms with Crippen molar-refractivity contribution in [3.8, 4) is 0 Å². The van der Waals surface area contributed by atoms with Gasteiger partial charge in [0.25, 0.3) is 0 Å². The van der Waals surface area contributed by atoms with Crippen LogP contribution in [0.5, 0.6) is 0 Å². The Balaban J connectivity index is 2.02. The average molecular weight is 374 g/mol. The Kier molecular flexibility index (Phi) is 7.66. The van der Waals surface area contributed by atoms with Crippen molar-refractivity contribution in [2.45, 2.75) is 25.3 Å². The molecule has 0 aliphatic heterocycles. The van der Waals surface area contributed by atoms with Crippen molar-refractivity contribution in [1.29, 1.82) is 0 Å². The van der Waals surface area contributed by atoms with Crippen LogP contribution in [0, 0.1) is 5.82 Å². The zero-order valence-electron chi connectivity index (χ0n) is 14.9. The second-order valence-electron chi connectivity index (χ2n) is 5.92. The summed E-state index contributed by atoms with van der Waals surface area (Å²) in [5.74, 6) is 0.326. The van der Waals surface area contributed by atoms with Crippen molar-refractivity contribution in [3.05, 3.63) is 71.5 Å². The fourth-order valence-electron chi connectivity index (χ4n) is 2.49. The van der Waals surface area contributed by atoms with E-state index < -0.39 is 6.04 Å². The molecule has 0 heterocycles. The summed E-state index contributed by atoms with van der Waals surface area (Å²) in [5.41, 5.74) is 1.93. The molecule has 0 radical (unpaired) electrons. The summed E-state index contributed by atoms with van der Waals surface area (Å²) in [5, 5.41) is 2.58. The molecule has 0 saturated carbocycles. The third kappa shape index (κ3) is 5.88. The minimum atomic E-state index is -0.602. The number of likely N-dealkylation sites (N-methyl/N-ethyl adjacent to an activating group) is 1. The molecule has 0 fully saturated rings. The molecular weight excluding hydrogens is 351 g/mol. The Morgan fingerprint density at radius 2 is 1.73 bits per heavy atom. The quantitative estimate of drug-likeness (QED) is 0.772. The number of carbonyl (C=O) groups excluding carboxylic acids is 2. The van der Waals surface area contributed by atoms with E-state index in [1.807, 2.05) is 30.3 Å². The highest BCUT2D eigenvalue weighted by molar-refractivity contribution is 7.99. The van der Waals surface area contributed by atoms with E-state index in [1.54, 1.807) is 26.1 Å². The molecule has 2 rings (SSSR count). The molecule has 4 nitrogen and oxygen atoms in total. The SMILES string of the molecule is CNC(=O)[C@@H](C)N(Cc1ccc(F)cc1)C(=O)CSCc1ccccc1. The third-order valence-corrected chi connectivity index (χ3v) is 5.01. The number of amides is 2. The molecule has 6 heteroatoms. The maximum Gasteiger partial charge on any atom is 0.242 e. The maximum absolute atomic E-state index is 13.1. The number of carbonyl (C=O) groups is 2. The lowest BCUT2D eigenvalue weighted by atomic mass is 10.1. The fraction of sp³-hybridized carbons (Fsp3) is 0.300. The first-order valence-electron chi connectivity index (χ1n) is 8.38. The molecule has 0 aliphatic carbocycles. The number of nitrogens with zero attached hydrogens (tertiary/aromatic N) is 1. The van der Waals surface area contributed by atoms with E-state index in [1.165, 1.54) is 28.8 Å². The van der Waals surface area contributed by atoms with Gasteiger partial charge in [0, 0.05) is 19.3 Å². The van der Waals surface area contributed by atoms with Crippen LogP contribution in [-0.4, -0.2) is 35.6 Å². The molecule has 0 aromatic heterocycles. The summed E-state index contributed by atoms with van der Waals surface area (Å²) < 4.78 is 13.1. The van der Waals surface area contributed by atoms with Crippen molar-refractivity contribution in [1.82, 2.24) is 10.2 Å². The van der Waals surface area contributed by atoms with Gasteiger partial charge in [0.05, 0.1) is 5.75 Å². The van der Waals surface area contributed by atoms with Crippen molar-refractivity contribution in [2.24, 2.45) is 0 Å². The second-order valence-corrected chi connectivity index (χ2v) is 6.90. The van der Waals surface area contributed by atoms with Crippen LogP contribution in [0.1, 0.15) is 18.1 Å². The average Bonchev–Trinajstić information content (AvgIpc) is 2.67. The first-order valence-corrected chi connectivity index (χ1v) is 9.54. The molecule has 26 heavy (non-hydrogen) atoms. The Labute approximate surface area is 157 Å². The molecule has 0 aliphatic rings. The third-order valence-electron chi connectivity index (χ3n) is 4.02. The molecule has 1 atom stereocenters. The molecule has 2 amide bonds. The first-order chi connectivity index (χ1) is 12.5. The molecule has 0 unspecified atom stereocenters. The molecule has 1 N–H and O–H groups in total. The number of halogens is 1. The molecule has 138 valence electrons. The van der Waals surface area contributed by atoms with Crippen molar-refractivity contribution in [3.63, 3.8) is 0 Å². The maximum atomic E-state index is 13.1. The standard InChI is InChI=1S/C20H23FN2O2S/c1-15(20(25)22-2)23(12-16-8-10-18(21)11-9-16)19(24)14-26-13-17-6-4-3-5-7-17/h3-11,15H,12-14H2,1-2H3,(H,22,25)/t15-/m1/s1. The van der Waals surface area contributed by atoms with Gasteiger partial charge in [0.1, 0.15) is 11.9 Å². The highest BCUT2D eigenvalue weighted by Gasteiger charge is 2.25. The van der Waals surface area contributed by atoms with Gasteiger partial charge >= 0.3 is 0 Å². The van der Waals surface area contributed by atoms with E-state index in [9.17, 15) is 14.0 Å². The Bertz CT molecular complexity index is 722. The largest absolute Gasteiger partial charge is 0.357 e. The van der Waals surface area contributed by atoms with E-state index in [0.29, 0.717) is 0 Å². The second kappa shape index (κ2) is 9.97. The highest BCUT2D eigenvalue weighted by atomic mass is 32.2. The Hall–Kier alpha value is -2.34. The molecule has 0 spiro atoms. The Morgan fingerprint density at radius 3 is 2.35 bits per heavy atom. The lowest BCUT2D eigenvalue weighted by Crippen LogP contribution is -2.47. The van der Waals surface area contributed by atoms with E-state index >= 15 is 0 Å². The van der Waals surface area contributed by atoms with Crippen LogP contribution in [0.2, 0.25) is 0 Å². The van der Waals surface area contributed by atoms with Gasteiger partial charge in [-0.15, -0.1) is 11.8 Å². The summed E-state index contributed by atoms with van der Waals surface area (Å²) in [6.07, 6.45) is 0. The van der Waals surface area contributed by atoms with Crippen molar-refractivity contribution < 1.29 is 14.0 Å². The lowest BCUT2D eigenvalue weighted by molar-refractivity contribution is -0.138. The van der Waals surface area contributed by atoms with Crippen LogP contribution in [0.25, 0.3) is 0 Å². The van der Waals surface area contributed by atoms with Gasteiger partial charge in [-0.25, -0.2) is 4.39 Å². The van der Waals surface area contributed by atoms with Crippen LogP contribution in [-0.2, 0) is 21.9 Å². The van der Waals surface area contributed by atoms with E-state index in [0.717, 1.165) is 16.9 Å². The van der Waals surface area contributed by atoms with Gasteiger partial charge in [-0.05, 0) is 30.2 Å². The van der Waals surface area contributed by atoms with Crippen LogP contribution in [0.15, 0.2) is 54.6 Å². The minimum Gasteiger partial charge on any atom is -0.357 e. The first kappa shape index (κ1) is 20.0. The lowest BCUT2D eigenvalue weighted by Gasteiger charge is -2.28. The predicted molar refractivity (Wildman–Crippen MR) is 103 cm³/mol. The van der Waals surface area contributed by atoms with Gasteiger partial charge in [-0.3, -0.25) is 9.59 Å². The summed E-state index contributed by atoms with van der Waals surface area (Å²) in [6.45, 7) is 1.96. The van der Waals surface area contributed by atoms with Crippen molar-refractivity contribution >= 4 is 23.6 Å². The van der Waals surface area contributed by atoms with Crippen LogP contribution in [0.4, 0.5) is 4.39 Å². The summed E-state index contributed by atoms with van der Waals surface area (Å²) in [7, 11) is 1.55. The number of hydrogen-bond donors (Lipinski definition) is 1. The topological polar surface area (TPSA) is 49.4 Å². The van der Waals surface area contributed by atoms with Crippen LogP contribution < -0.4 is 5.32 Å². The normalized spacial score (nSPS) is 11.7. The fourth-order valence-corrected chi connectivity index (χ4v) is 3.36. The summed E-state index contributed by atoms with van der Waals surface area (Å²) >= 11 is 1.51. The number of thioether (sulfide) groups is 1. The van der Waals surface area contributed by atoms with E-state index in [4.69, 9.17) is 0 Å². The molecule has 2 aromatic rings. The minimum absolute atomic E-state index is 0.119. The van der Waals surface area contributed by atoms with Crippen molar-refractivity contribution in [2.75, 3.05) is 12.8 Å². The molecule has 0 saturated heterocycles. The van der Waals surface area contributed by atoms with Gasteiger partial charge in [0.15, 0.2) is 0 Å². The number of rotatable bonds is 8. The van der Waals surface area contributed by atoms with E-state index in [-0.39, 0.29) is 29.9 Å². The van der Waals surface area contributed by atoms with Crippen LogP contribution >= 0.6 is 11.8 Å². The molecular formula is C20H23FN2O2S. The monoisotopic (exact) mass is 374 g/mol. The van der Waals surface area contributed by atoms with E-state index in [2.05, 4.69) is 5.32 Å². The molecule has 2 aromatic carbocycles. The van der Waals surface area contributed by atoms with Gasteiger partial charge in [-0.2, -0.15) is 0 Å². The highest BCUT2D eigenvalue weighted by Crippen LogP contribution is 2.16. The number of benzene rings is 2. The van der Waals surface area contributed by atoms with Gasteiger partial charge in [0.2, 0.25) is 11.8 Å². The van der Waals surface area contributed by atoms with Gasteiger partial charge < -0.3 is 10.2 Å². The zero-order chi connectivity index (χ0) is 18.9. The zero-order valence-corrected chi connectivity index (χ0v) is 15.8. The van der Waals surface area contributed by atoms with Gasteiger partial charge in [-0.1, -0.05) is 42.5 Å². The predicted octanol–water partition coefficient (Wildman–Crippen LogP) is 3.22. The smallest absolute Gasteiger partial charge is 0.242 e. The van der Waals surface area contributed by atoms with Crippen LogP contribution in [0.3, 0.4) is 0 Å². The summed E-state index contributed by atoms with van der Waals surface area (Å²) in [4.78, 5) is 26.3.